The van der Waals surface area contributed by atoms with E-state index in [-0.39, 0.29) is 17.9 Å². The summed E-state index contributed by atoms with van der Waals surface area (Å²) in [7, 11) is 0. The van der Waals surface area contributed by atoms with Crippen molar-refractivity contribution >= 4 is 34.5 Å². The Bertz CT molecular complexity index is 729. The first-order chi connectivity index (χ1) is 12.7. The molecule has 8 heteroatoms. The summed E-state index contributed by atoms with van der Waals surface area (Å²) in [5, 5.41) is 7.86. The molecular weight excluding hydrogens is 368 g/mol. The molecule has 140 valence electrons. The molecule has 2 amide bonds. The number of carbonyl (C=O) groups is 2. The van der Waals surface area contributed by atoms with Gasteiger partial charge in [0.05, 0.1) is 17.0 Å². The Hall–Kier alpha value is -1.77. The average Bonchev–Trinajstić information content (AvgIpc) is 3.32. The highest BCUT2D eigenvalue weighted by Crippen LogP contribution is 2.28. The van der Waals surface area contributed by atoms with E-state index in [4.69, 9.17) is 5.73 Å². The van der Waals surface area contributed by atoms with E-state index >= 15 is 0 Å². The zero-order valence-corrected chi connectivity index (χ0v) is 16.3. The molecule has 0 radical (unpaired) electrons. The molecule has 0 bridgehead atoms. The second-order valence-corrected chi connectivity index (χ2v) is 8.18. The van der Waals surface area contributed by atoms with Gasteiger partial charge in [0, 0.05) is 37.5 Å². The van der Waals surface area contributed by atoms with E-state index in [2.05, 4.69) is 10.3 Å². The molecule has 3 N–H and O–H groups in total. The minimum absolute atomic E-state index is 0.0504. The predicted molar refractivity (Wildman–Crippen MR) is 105 cm³/mol. The molecule has 3 rings (SSSR count). The lowest BCUT2D eigenvalue weighted by Crippen LogP contribution is -2.50. The smallest absolute Gasteiger partial charge is 0.228 e. The normalized spacial score (nSPS) is 17.3. The Morgan fingerprint density at radius 3 is 3.00 bits per heavy atom. The molecule has 6 nitrogen and oxygen atoms in total. The van der Waals surface area contributed by atoms with Crippen molar-refractivity contribution in [3.63, 3.8) is 0 Å². The van der Waals surface area contributed by atoms with Crippen molar-refractivity contribution in [3.8, 4) is 9.88 Å². The van der Waals surface area contributed by atoms with Gasteiger partial charge in [0.1, 0.15) is 5.01 Å². The van der Waals surface area contributed by atoms with Crippen molar-refractivity contribution in [3.05, 3.63) is 28.6 Å². The first-order valence-corrected chi connectivity index (χ1v) is 10.7. The van der Waals surface area contributed by atoms with Crippen LogP contribution in [0.3, 0.4) is 0 Å². The van der Waals surface area contributed by atoms with Crippen LogP contribution in [0.4, 0.5) is 0 Å². The Morgan fingerprint density at radius 2 is 2.23 bits per heavy atom. The maximum absolute atomic E-state index is 12.8. The van der Waals surface area contributed by atoms with E-state index in [0.717, 1.165) is 41.4 Å². The van der Waals surface area contributed by atoms with Crippen LogP contribution in [-0.2, 0) is 16.0 Å². The summed E-state index contributed by atoms with van der Waals surface area (Å²) in [4.78, 5) is 32.1. The number of amides is 2. The number of thiophene rings is 1. The Kier molecular flexibility index (Phi) is 6.76. The summed E-state index contributed by atoms with van der Waals surface area (Å²) in [5.41, 5.74) is 6.23. The van der Waals surface area contributed by atoms with Gasteiger partial charge in [-0.05, 0) is 30.7 Å². The molecule has 0 aromatic carbocycles. The van der Waals surface area contributed by atoms with Crippen LogP contribution in [0.5, 0.6) is 0 Å². The van der Waals surface area contributed by atoms with E-state index < -0.39 is 0 Å². The molecule has 3 heterocycles. The predicted octanol–water partition coefficient (Wildman–Crippen LogP) is 2.26. The van der Waals surface area contributed by atoms with Crippen LogP contribution in [0, 0.1) is 0 Å². The average molecular weight is 393 g/mol. The number of nitrogens with two attached hydrogens (primary N) is 1. The third-order valence-corrected chi connectivity index (χ3v) is 6.40. The SMILES string of the molecule is NCCC(=O)NCC1CCCCN1C(=O)Cc1csc(-c2cccs2)n1. The third-order valence-electron chi connectivity index (χ3n) is 4.47. The van der Waals surface area contributed by atoms with Gasteiger partial charge < -0.3 is 16.0 Å². The minimum atomic E-state index is -0.0504. The Balaban J connectivity index is 1.59. The van der Waals surface area contributed by atoms with Gasteiger partial charge in [0.25, 0.3) is 0 Å². The van der Waals surface area contributed by atoms with Crippen LogP contribution < -0.4 is 11.1 Å². The monoisotopic (exact) mass is 392 g/mol. The fourth-order valence-electron chi connectivity index (χ4n) is 3.15. The molecule has 0 aliphatic carbocycles. The van der Waals surface area contributed by atoms with Crippen molar-refractivity contribution in [1.29, 1.82) is 0 Å². The molecule has 2 aromatic heterocycles. The zero-order chi connectivity index (χ0) is 18.4. The minimum Gasteiger partial charge on any atom is -0.354 e. The highest BCUT2D eigenvalue weighted by molar-refractivity contribution is 7.20. The third kappa shape index (κ3) is 4.90. The summed E-state index contributed by atoms with van der Waals surface area (Å²) < 4.78 is 0. The largest absolute Gasteiger partial charge is 0.354 e. The van der Waals surface area contributed by atoms with E-state index in [1.54, 1.807) is 22.7 Å². The molecule has 1 unspecified atom stereocenters. The second kappa shape index (κ2) is 9.25. The van der Waals surface area contributed by atoms with Gasteiger partial charge in [0.15, 0.2) is 0 Å². The molecule has 1 atom stereocenters. The summed E-state index contributed by atoms with van der Waals surface area (Å²) >= 11 is 3.23. The van der Waals surface area contributed by atoms with Crippen LogP contribution >= 0.6 is 22.7 Å². The van der Waals surface area contributed by atoms with E-state index in [0.29, 0.717) is 25.9 Å². The lowest BCUT2D eigenvalue weighted by molar-refractivity contribution is -0.134. The van der Waals surface area contributed by atoms with Crippen molar-refractivity contribution in [2.45, 2.75) is 38.1 Å². The first-order valence-electron chi connectivity index (χ1n) is 8.92. The molecule has 1 saturated heterocycles. The van der Waals surface area contributed by atoms with Crippen molar-refractivity contribution in [1.82, 2.24) is 15.2 Å². The number of nitrogens with one attached hydrogen (secondary N) is 1. The van der Waals surface area contributed by atoms with Gasteiger partial charge >= 0.3 is 0 Å². The molecule has 26 heavy (non-hydrogen) atoms. The van der Waals surface area contributed by atoms with Gasteiger partial charge in [-0.25, -0.2) is 4.98 Å². The van der Waals surface area contributed by atoms with Gasteiger partial charge in [-0.1, -0.05) is 6.07 Å². The van der Waals surface area contributed by atoms with Crippen molar-refractivity contribution < 1.29 is 9.59 Å². The topological polar surface area (TPSA) is 88.3 Å². The fourth-order valence-corrected chi connectivity index (χ4v) is 4.78. The lowest BCUT2D eigenvalue weighted by Gasteiger charge is -2.36. The van der Waals surface area contributed by atoms with Crippen LogP contribution in [0.25, 0.3) is 9.88 Å². The van der Waals surface area contributed by atoms with Crippen LogP contribution in [0.1, 0.15) is 31.4 Å². The number of likely N-dealkylation sites (tertiary alicyclic amines) is 1. The Labute approximate surface area is 161 Å². The van der Waals surface area contributed by atoms with Gasteiger partial charge in [-0.15, -0.1) is 22.7 Å². The Morgan fingerprint density at radius 1 is 1.35 bits per heavy atom. The maximum Gasteiger partial charge on any atom is 0.228 e. The highest BCUT2D eigenvalue weighted by atomic mass is 32.1. The molecule has 1 aliphatic heterocycles. The number of piperidine rings is 1. The van der Waals surface area contributed by atoms with Crippen LogP contribution in [-0.4, -0.2) is 47.4 Å². The summed E-state index contributed by atoms with van der Waals surface area (Å²) in [6.45, 7) is 1.59. The summed E-state index contributed by atoms with van der Waals surface area (Å²) in [6.07, 6.45) is 3.66. The second-order valence-electron chi connectivity index (χ2n) is 6.38. The number of thiazole rings is 1. The summed E-state index contributed by atoms with van der Waals surface area (Å²) in [6, 6.07) is 4.11. The maximum atomic E-state index is 12.8. The molecule has 1 aliphatic rings. The number of nitrogens with zero attached hydrogens (tertiary/aromatic N) is 2. The van der Waals surface area contributed by atoms with Crippen LogP contribution in [0.2, 0.25) is 0 Å². The molecular formula is C18H24N4O2S2. The standard InChI is InChI=1S/C18H24N4O2S2/c19-7-6-16(23)20-11-14-4-1-2-8-22(14)17(24)10-13-12-26-18(21-13)15-5-3-9-25-15/h3,5,9,12,14H,1-2,4,6-8,10-11,19H2,(H,20,23). The van der Waals surface area contributed by atoms with E-state index in [1.807, 2.05) is 27.8 Å². The van der Waals surface area contributed by atoms with Crippen LogP contribution in [0.15, 0.2) is 22.9 Å². The van der Waals surface area contributed by atoms with Gasteiger partial charge in [-0.3, -0.25) is 9.59 Å². The number of carbonyl (C=O) groups excluding carboxylic acids is 2. The summed E-state index contributed by atoms with van der Waals surface area (Å²) in [5.74, 6) is 0.0383. The number of hydrogen-bond acceptors (Lipinski definition) is 6. The molecule has 2 aromatic rings. The zero-order valence-electron chi connectivity index (χ0n) is 14.6. The quantitative estimate of drug-likeness (QED) is 0.756. The molecule has 0 spiro atoms. The molecule has 0 saturated carbocycles. The number of rotatable bonds is 7. The number of hydrogen-bond donors (Lipinski definition) is 2. The van der Waals surface area contributed by atoms with E-state index in [9.17, 15) is 9.59 Å². The first kappa shape index (κ1) is 19.0. The van der Waals surface area contributed by atoms with Gasteiger partial charge in [-0.2, -0.15) is 0 Å². The number of aromatic nitrogens is 1. The highest BCUT2D eigenvalue weighted by Gasteiger charge is 2.27. The van der Waals surface area contributed by atoms with Gasteiger partial charge in [0.2, 0.25) is 11.8 Å². The van der Waals surface area contributed by atoms with Crippen molar-refractivity contribution in [2.75, 3.05) is 19.6 Å². The fraction of sp³-hybridized carbons (Fsp3) is 0.500. The van der Waals surface area contributed by atoms with E-state index in [1.165, 1.54) is 0 Å². The van der Waals surface area contributed by atoms with Crippen molar-refractivity contribution in [2.24, 2.45) is 5.73 Å². The lowest BCUT2D eigenvalue weighted by atomic mass is 10.0. The molecule has 1 fully saturated rings.